The van der Waals surface area contributed by atoms with Crippen molar-refractivity contribution in [1.82, 2.24) is 10.2 Å². The van der Waals surface area contributed by atoms with E-state index in [4.69, 9.17) is 14.9 Å². The number of aromatic nitrogens is 2. The normalized spacial score (nSPS) is 12.6. The fourth-order valence-electron chi connectivity index (χ4n) is 1.36. The Morgan fingerprint density at radius 3 is 2.53 bits per heavy atom. The van der Waals surface area contributed by atoms with Gasteiger partial charge in [0.15, 0.2) is 6.10 Å². The first-order valence-corrected chi connectivity index (χ1v) is 4.48. The zero-order valence-electron chi connectivity index (χ0n) is 8.25. The monoisotopic (exact) mass is 205 g/mol. The van der Waals surface area contributed by atoms with E-state index in [1.54, 1.807) is 7.11 Å². The molecule has 0 saturated carbocycles. The highest BCUT2D eigenvalue weighted by atomic mass is 16.5. The number of anilines is 1. The summed E-state index contributed by atoms with van der Waals surface area (Å²) in [6, 6.07) is 9.66. The summed E-state index contributed by atoms with van der Waals surface area (Å²) in [6.07, 6.45) is -0.365. The van der Waals surface area contributed by atoms with E-state index < -0.39 is 0 Å². The summed E-state index contributed by atoms with van der Waals surface area (Å²) in [4.78, 5) is 0. The van der Waals surface area contributed by atoms with Gasteiger partial charge in [0.2, 0.25) is 0 Å². The molecule has 0 aliphatic rings. The van der Waals surface area contributed by atoms with Crippen LogP contribution in [-0.4, -0.2) is 17.3 Å². The lowest BCUT2D eigenvalue weighted by Gasteiger charge is -2.10. The Balaban J connectivity index is 2.33. The molecule has 15 heavy (non-hydrogen) atoms. The van der Waals surface area contributed by atoms with Crippen molar-refractivity contribution >= 4 is 6.01 Å². The average Bonchev–Trinajstić information content (AvgIpc) is 2.68. The van der Waals surface area contributed by atoms with Crippen LogP contribution in [0.1, 0.15) is 17.6 Å². The highest BCUT2D eigenvalue weighted by Crippen LogP contribution is 2.24. The van der Waals surface area contributed by atoms with Crippen molar-refractivity contribution in [3.8, 4) is 0 Å². The second kappa shape index (κ2) is 4.10. The molecule has 0 fully saturated rings. The van der Waals surface area contributed by atoms with Gasteiger partial charge in [-0.25, -0.2) is 0 Å². The van der Waals surface area contributed by atoms with Crippen molar-refractivity contribution in [1.29, 1.82) is 0 Å². The Hall–Kier alpha value is -1.88. The van der Waals surface area contributed by atoms with Crippen LogP contribution in [0.15, 0.2) is 34.7 Å². The molecule has 1 unspecified atom stereocenters. The molecular formula is C10H11N3O2. The van der Waals surface area contributed by atoms with Gasteiger partial charge >= 0.3 is 6.01 Å². The summed E-state index contributed by atoms with van der Waals surface area (Å²) in [6.45, 7) is 0. The number of methoxy groups -OCH3 is 1. The summed E-state index contributed by atoms with van der Waals surface area (Å²) in [5.74, 6) is 0.362. The Morgan fingerprint density at radius 1 is 1.27 bits per heavy atom. The van der Waals surface area contributed by atoms with Gasteiger partial charge in [-0.3, -0.25) is 0 Å². The molecule has 0 spiro atoms. The minimum absolute atomic E-state index is 0.0444. The van der Waals surface area contributed by atoms with Crippen molar-refractivity contribution in [3.05, 3.63) is 41.8 Å². The summed E-state index contributed by atoms with van der Waals surface area (Å²) in [7, 11) is 1.58. The second-order valence-corrected chi connectivity index (χ2v) is 3.00. The molecule has 78 valence electrons. The first-order chi connectivity index (χ1) is 7.31. The van der Waals surface area contributed by atoms with Crippen LogP contribution in [0.4, 0.5) is 6.01 Å². The van der Waals surface area contributed by atoms with Crippen LogP contribution >= 0.6 is 0 Å². The molecule has 1 atom stereocenters. The third-order valence-corrected chi connectivity index (χ3v) is 2.02. The van der Waals surface area contributed by atoms with Crippen LogP contribution in [0.2, 0.25) is 0 Å². The van der Waals surface area contributed by atoms with Crippen LogP contribution in [0.3, 0.4) is 0 Å². The molecule has 2 aromatic rings. The lowest BCUT2D eigenvalue weighted by Crippen LogP contribution is -2.03. The molecule has 5 nitrogen and oxygen atoms in total. The number of nitrogens with zero attached hydrogens (tertiary/aromatic N) is 2. The predicted octanol–water partition coefficient (Wildman–Crippen LogP) is 1.39. The van der Waals surface area contributed by atoms with E-state index in [-0.39, 0.29) is 12.1 Å². The standard InChI is InChI=1S/C10H11N3O2/c1-14-8(7-5-3-2-4-6-7)9-12-13-10(11)15-9/h2-6,8H,1H3,(H2,11,13). The quantitative estimate of drug-likeness (QED) is 0.819. The molecule has 1 heterocycles. The van der Waals surface area contributed by atoms with Gasteiger partial charge in [0.05, 0.1) is 0 Å². The molecule has 1 aromatic carbocycles. The second-order valence-electron chi connectivity index (χ2n) is 3.00. The first-order valence-electron chi connectivity index (χ1n) is 4.48. The maximum Gasteiger partial charge on any atom is 0.312 e. The molecule has 0 amide bonds. The number of hydrogen-bond acceptors (Lipinski definition) is 5. The number of nitrogens with two attached hydrogens (primary N) is 1. The summed E-state index contributed by atoms with van der Waals surface area (Å²) < 4.78 is 10.4. The van der Waals surface area contributed by atoms with E-state index in [9.17, 15) is 0 Å². The Kier molecular flexibility index (Phi) is 2.64. The van der Waals surface area contributed by atoms with Crippen molar-refractivity contribution in [2.75, 3.05) is 12.8 Å². The van der Waals surface area contributed by atoms with Crippen LogP contribution in [-0.2, 0) is 4.74 Å². The minimum atomic E-state index is -0.365. The molecule has 5 heteroatoms. The van der Waals surface area contributed by atoms with Crippen LogP contribution in [0.5, 0.6) is 0 Å². The highest BCUT2D eigenvalue weighted by molar-refractivity contribution is 5.22. The maximum absolute atomic E-state index is 5.35. The zero-order chi connectivity index (χ0) is 10.7. The Morgan fingerprint density at radius 2 is 2.00 bits per heavy atom. The maximum atomic E-state index is 5.35. The van der Waals surface area contributed by atoms with Gasteiger partial charge in [0, 0.05) is 7.11 Å². The molecule has 0 bridgehead atoms. The SMILES string of the molecule is COC(c1ccccc1)c1nnc(N)o1. The minimum Gasteiger partial charge on any atom is -0.405 e. The predicted molar refractivity (Wildman–Crippen MR) is 54.0 cm³/mol. The van der Waals surface area contributed by atoms with Gasteiger partial charge in [-0.05, 0) is 5.56 Å². The molecular weight excluding hydrogens is 194 g/mol. The van der Waals surface area contributed by atoms with Gasteiger partial charge in [-0.15, -0.1) is 5.10 Å². The van der Waals surface area contributed by atoms with Gasteiger partial charge in [-0.2, -0.15) is 0 Å². The zero-order valence-corrected chi connectivity index (χ0v) is 8.25. The lowest BCUT2D eigenvalue weighted by molar-refractivity contribution is 0.112. The summed E-state index contributed by atoms with van der Waals surface area (Å²) >= 11 is 0. The molecule has 0 saturated heterocycles. The highest BCUT2D eigenvalue weighted by Gasteiger charge is 2.19. The fraction of sp³-hybridized carbons (Fsp3) is 0.200. The summed E-state index contributed by atoms with van der Waals surface area (Å²) in [5.41, 5.74) is 6.30. The molecule has 0 radical (unpaired) electrons. The van der Waals surface area contributed by atoms with Crippen molar-refractivity contribution in [3.63, 3.8) is 0 Å². The van der Waals surface area contributed by atoms with Crippen molar-refractivity contribution in [2.45, 2.75) is 6.10 Å². The van der Waals surface area contributed by atoms with Crippen molar-refractivity contribution < 1.29 is 9.15 Å². The Bertz CT molecular complexity index is 427. The number of ether oxygens (including phenoxy) is 1. The van der Waals surface area contributed by atoms with E-state index in [1.807, 2.05) is 30.3 Å². The molecule has 2 rings (SSSR count). The van der Waals surface area contributed by atoms with E-state index in [2.05, 4.69) is 10.2 Å². The third kappa shape index (κ3) is 1.97. The van der Waals surface area contributed by atoms with Gasteiger partial charge in [0.25, 0.3) is 5.89 Å². The molecule has 1 aromatic heterocycles. The van der Waals surface area contributed by atoms with E-state index in [1.165, 1.54) is 0 Å². The molecule has 2 N–H and O–H groups in total. The lowest BCUT2D eigenvalue weighted by atomic mass is 10.1. The smallest absolute Gasteiger partial charge is 0.312 e. The largest absolute Gasteiger partial charge is 0.405 e. The van der Waals surface area contributed by atoms with E-state index in [0.717, 1.165) is 5.56 Å². The summed E-state index contributed by atoms with van der Waals surface area (Å²) in [5, 5.41) is 7.39. The van der Waals surface area contributed by atoms with Crippen LogP contribution in [0, 0.1) is 0 Å². The van der Waals surface area contributed by atoms with E-state index in [0.29, 0.717) is 5.89 Å². The Labute approximate surface area is 86.9 Å². The average molecular weight is 205 g/mol. The van der Waals surface area contributed by atoms with Gasteiger partial charge in [0.1, 0.15) is 0 Å². The number of rotatable bonds is 3. The van der Waals surface area contributed by atoms with Crippen LogP contribution < -0.4 is 5.73 Å². The fourth-order valence-corrected chi connectivity index (χ4v) is 1.36. The number of benzene rings is 1. The molecule has 0 aliphatic heterocycles. The van der Waals surface area contributed by atoms with Gasteiger partial charge < -0.3 is 14.9 Å². The number of nitrogen functional groups attached to an aromatic ring is 1. The van der Waals surface area contributed by atoms with Crippen LogP contribution in [0.25, 0.3) is 0 Å². The number of hydrogen-bond donors (Lipinski definition) is 1. The molecule has 0 aliphatic carbocycles. The topological polar surface area (TPSA) is 74.2 Å². The van der Waals surface area contributed by atoms with Gasteiger partial charge in [-0.1, -0.05) is 35.4 Å². The van der Waals surface area contributed by atoms with E-state index >= 15 is 0 Å². The van der Waals surface area contributed by atoms with Crippen molar-refractivity contribution in [2.24, 2.45) is 0 Å². The first kappa shape index (κ1) is 9.67. The third-order valence-electron chi connectivity index (χ3n) is 2.02.